The lowest BCUT2D eigenvalue weighted by atomic mass is 9.91. The van der Waals surface area contributed by atoms with Crippen LogP contribution in [0.25, 0.3) is 77.3 Å². The fourth-order valence-electron chi connectivity index (χ4n) is 6.40. The molecule has 0 spiro atoms. The molecular formula is C42H30N2. The van der Waals surface area contributed by atoms with Crippen LogP contribution in [-0.4, -0.2) is 9.97 Å². The molecule has 0 aliphatic heterocycles. The Morgan fingerprint density at radius 2 is 0.659 bits per heavy atom. The molecule has 2 heterocycles. The third kappa shape index (κ3) is 4.62. The van der Waals surface area contributed by atoms with E-state index in [-0.39, 0.29) is 0 Å². The van der Waals surface area contributed by atoms with E-state index in [0.29, 0.717) is 0 Å². The Bertz CT molecular complexity index is 2180. The van der Waals surface area contributed by atoms with E-state index in [4.69, 9.17) is 9.97 Å². The molecule has 8 aromatic rings. The summed E-state index contributed by atoms with van der Waals surface area (Å²) in [7, 11) is 0. The van der Waals surface area contributed by atoms with E-state index >= 15 is 0 Å². The predicted octanol–water partition coefficient (Wildman–Crippen LogP) is 11.2. The third-order valence-corrected chi connectivity index (χ3v) is 8.55. The first kappa shape index (κ1) is 26.1. The molecule has 0 bridgehead atoms. The van der Waals surface area contributed by atoms with Crippen LogP contribution in [0.2, 0.25) is 0 Å². The zero-order valence-corrected chi connectivity index (χ0v) is 24.8. The van der Waals surface area contributed by atoms with Crippen molar-refractivity contribution in [2.24, 2.45) is 0 Å². The van der Waals surface area contributed by atoms with E-state index in [1.807, 2.05) is 0 Å². The molecule has 2 heteroatoms. The van der Waals surface area contributed by atoms with E-state index in [2.05, 4.69) is 159 Å². The van der Waals surface area contributed by atoms with Crippen LogP contribution in [0.15, 0.2) is 146 Å². The van der Waals surface area contributed by atoms with Crippen molar-refractivity contribution in [1.29, 1.82) is 0 Å². The zero-order valence-electron chi connectivity index (χ0n) is 24.8. The molecule has 8 rings (SSSR count). The first-order chi connectivity index (χ1) is 21.6. The van der Waals surface area contributed by atoms with Gasteiger partial charge in [-0.05, 0) is 94.7 Å². The maximum absolute atomic E-state index is 5.08. The van der Waals surface area contributed by atoms with Crippen molar-refractivity contribution >= 4 is 32.3 Å². The van der Waals surface area contributed by atoms with E-state index in [1.165, 1.54) is 43.4 Å². The molecule has 0 radical (unpaired) electrons. The van der Waals surface area contributed by atoms with Crippen LogP contribution in [0.4, 0.5) is 0 Å². The number of aryl methyl sites for hydroxylation is 2. The molecule has 44 heavy (non-hydrogen) atoms. The average molecular weight is 563 g/mol. The fraction of sp³-hybridized carbons (Fsp3) is 0.0476. The molecule has 0 amide bonds. The van der Waals surface area contributed by atoms with E-state index in [1.54, 1.807) is 0 Å². The van der Waals surface area contributed by atoms with Crippen molar-refractivity contribution in [2.75, 3.05) is 0 Å². The smallest absolute Gasteiger partial charge is 0.0709 e. The van der Waals surface area contributed by atoms with Crippen molar-refractivity contribution in [3.63, 3.8) is 0 Å². The molecule has 0 unspecified atom stereocenters. The molecule has 6 aromatic carbocycles. The van der Waals surface area contributed by atoms with Gasteiger partial charge >= 0.3 is 0 Å². The SMILES string of the molecule is Cc1cccc(-c2cccc(-c3ccc4c5ccc(-c6cccc(-c7cccc(C)c7)n6)cc5c5ccccc5c4c3)n2)c1. The summed E-state index contributed by atoms with van der Waals surface area (Å²) in [6.07, 6.45) is 0. The lowest BCUT2D eigenvalue weighted by Gasteiger charge is -2.14. The van der Waals surface area contributed by atoms with Gasteiger partial charge in [0.05, 0.1) is 22.8 Å². The number of benzene rings is 6. The maximum Gasteiger partial charge on any atom is 0.0709 e. The molecule has 0 aliphatic carbocycles. The molecule has 0 saturated heterocycles. The van der Waals surface area contributed by atoms with E-state index in [0.717, 1.165) is 45.0 Å². The summed E-state index contributed by atoms with van der Waals surface area (Å²) < 4.78 is 0. The minimum atomic E-state index is 0.977. The molecule has 2 aromatic heterocycles. The number of fused-ring (bicyclic) bond motifs is 6. The Hall–Kier alpha value is -5.60. The standard InChI is InChI=1S/C42H30N2/c1-27-9-5-11-29(23-27)39-15-7-17-41(43-39)31-19-21-35-36-22-20-32(26-38(36)34-14-4-3-13-33(34)37(35)25-31)42-18-8-16-40(44-42)30-12-6-10-28(2)24-30/h3-26H,1-2H3. The van der Waals surface area contributed by atoms with Gasteiger partial charge in [0, 0.05) is 22.3 Å². The van der Waals surface area contributed by atoms with Gasteiger partial charge in [-0.1, -0.05) is 108 Å². The minimum absolute atomic E-state index is 0.977. The van der Waals surface area contributed by atoms with Crippen molar-refractivity contribution in [2.45, 2.75) is 13.8 Å². The highest BCUT2D eigenvalue weighted by Crippen LogP contribution is 2.39. The monoisotopic (exact) mass is 562 g/mol. The Balaban J connectivity index is 1.27. The Morgan fingerprint density at radius 1 is 0.295 bits per heavy atom. The summed E-state index contributed by atoms with van der Waals surface area (Å²) in [5.74, 6) is 0. The summed E-state index contributed by atoms with van der Waals surface area (Å²) in [6, 6.07) is 51.9. The first-order valence-electron chi connectivity index (χ1n) is 15.1. The highest BCUT2D eigenvalue weighted by atomic mass is 14.7. The van der Waals surface area contributed by atoms with Crippen LogP contribution in [0.5, 0.6) is 0 Å². The van der Waals surface area contributed by atoms with Crippen molar-refractivity contribution in [1.82, 2.24) is 9.97 Å². The summed E-state index contributed by atoms with van der Waals surface area (Å²) >= 11 is 0. The average Bonchev–Trinajstić information content (AvgIpc) is 3.08. The topological polar surface area (TPSA) is 25.8 Å². The second kappa shape index (κ2) is 10.6. The number of pyridine rings is 2. The Kier molecular flexibility index (Phi) is 6.27. The van der Waals surface area contributed by atoms with Crippen LogP contribution in [0, 0.1) is 13.8 Å². The quantitative estimate of drug-likeness (QED) is 0.199. The van der Waals surface area contributed by atoms with Gasteiger partial charge in [0.2, 0.25) is 0 Å². The van der Waals surface area contributed by atoms with Crippen LogP contribution < -0.4 is 0 Å². The van der Waals surface area contributed by atoms with Gasteiger partial charge in [-0.2, -0.15) is 0 Å². The van der Waals surface area contributed by atoms with E-state index in [9.17, 15) is 0 Å². The molecular weight excluding hydrogens is 532 g/mol. The molecule has 0 aliphatic rings. The Morgan fingerprint density at radius 3 is 1.07 bits per heavy atom. The highest BCUT2D eigenvalue weighted by Gasteiger charge is 2.13. The van der Waals surface area contributed by atoms with Crippen LogP contribution in [0.1, 0.15) is 11.1 Å². The normalized spacial score (nSPS) is 11.4. The van der Waals surface area contributed by atoms with Crippen molar-refractivity contribution in [3.8, 4) is 45.0 Å². The van der Waals surface area contributed by atoms with Gasteiger partial charge in [0.15, 0.2) is 0 Å². The van der Waals surface area contributed by atoms with Crippen molar-refractivity contribution in [3.05, 3.63) is 157 Å². The molecule has 0 fully saturated rings. The molecule has 2 nitrogen and oxygen atoms in total. The summed E-state index contributed by atoms with van der Waals surface area (Å²) in [5.41, 5.74) is 10.9. The van der Waals surface area contributed by atoms with Crippen LogP contribution >= 0.6 is 0 Å². The zero-order chi connectivity index (χ0) is 29.6. The molecule has 0 atom stereocenters. The van der Waals surface area contributed by atoms with E-state index < -0.39 is 0 Å². The first-order valence-corrected chi connectivity index (χ1v) is 15.1. The third-order valence-electron chi connectivity index (χ3n) is 8.55. The molecule has 0 saturated carbocycles. The fourth-order valence-corrected chi connectivity index (χ4v) is 6.40. The number of rotatable bonds is 4. The summed E-state index contributed by atoms with van der Waals surface area (Å²) in [4.78, 5) is 10.2. The number of aromatic nitrogens is 2. The molecule has 208 valence electrons. The lowest BCUT2D eigenvalue weighted by Crippen LogP contribution is -1.91. The minimum Gasteiger partial charge on any atom is -0.248 e. The molecule has 0 N–H and O–H groups in total. The predicted molar refractivity (Wildman–Crippen MR) is 186 cm³/mol. The van der Waals surface area contributed by atoms with Gasteiger partial charge in [-0.3, -0.25) is 0 Å². The van der Waals surface area contributed by atoms with Gasteiger partial charge in [0.25, 0.3) is 0 Å². The van der Waals surface area contributed by atoms with Gasteiger partial charge in [-0.25, -0.2) is 9.97 Å². The highest BCUT2D eigenvalue weighted by molar-refractivity contribution is 6.26. The maximum atomic E-state index is 5.08. The summed E-state index contributed by atoms with van der Waals surface area (Å²) in [5, 5.41) is 7.44. The van der Waals surface area contributed by atoms with Gasteiger partial charge < -0.3 is 0 Å². The Labute approximate surface area is 257 Å². The number of hydrogen-bond donors (Lipinski definition) is 0. The van der Waals surface area contributed by atoms with Gasteiger partial charge in [-0.15, -0.1) is 0 Å². The summed E-state index contributed by atoms with van der Waals surface area (Å²) in [6.45, 7) is 4.24. The lowest BCUT2D eigenvalue weighted by molar-refractivity contribution is 1.32. The van der Waals surface area contributed by atoms with Crippen LogP contribution in [0.3, 0.4) is 0 Å². The van der Waals surface area contributed by atoms with Crippen LogP contribution in [-0.2, 0) is 0 Å². The van der Waals surface area contributed by atoms with Crippen molar-refractivity contribution < 1.29 is 0 Å². The second-order valence-corrected chi connectivity index (χ2v) is 11.6. The largest absolute Gasteiger partial charge is 0.248 e. The number of nitrogens with zero attached hydrogens (tertiary/aromatic N) is 2. The second-order valence-electron chi connectivity index (χ2n) is 11.6. The number of hydrogen-bond acceptors (Lipinski definition) is 2. The van der Waals surface area contributed by atoms with Gasteiger partial charge in [0.1, 0.15) is 0 Å².